The number of phenolic OH excluding ortho intramolecular Hbond substituents is 1. The van der Waals surface area contributed by atoms with E-state index in [2.05, 4.69) is 0 Å². The van der Waals surface area contributed by atoms with Gasteiger partial charge < -0.3 is 15.6 Å². The fourth-order valence-corrected chi connectivity index (χ4v) is 1.08. The minimum atomic E-state index is -0.468. The topological polar surface area (TPSA) is 55.5 Å². The Bertz CT molecular complexity index is 282. The molecule has 0 saturated heterocycles. The lowest BCUT2D eigenvalue weighted by Crippen LogP contribution is -2.21. The lowest BCUT2D eigenvalue weighted by atomic mass is 10.2. The SMILES string of the molecule is C[C@@H](N)COCc1cc(O)cc(F)c1. The summed E-state index contributed by atoms with van der Waals surface area (Å²) in [7, 11) is 0. The third-order valence-corrected chi connectivity index (χ3v) is 1.59. The zero-order chi connectivity index (χ0) is 10.6. The molecule has 1 rings (SSSR count). The number of nitrogens with two attached hydrogens (primary N) is 1. The van der Waals surface area contributed by atoms with Gasteiger partial charge in [-0.1, -0.05) is 0 Å². The zero-order valence-corrected chi connectivity index (χ0v) is 8.03. The van der Waals surface area contributed by atoms with Crippen LogP contribution in [-0.4, -0.2) is 17.8 Å². The first kappa shape index (κ1) is 10.9. The molecule has 4 heteroatoms. The number of hydrogen-bond acceptors (Lipinski definition) is 3. The molecule has 0 aliphatic carbocycles. The van der Waals surface area contributed by atoms with Crippen molar-refractivity contribution < 1.29 is 14.2 Å². The molecule has 0 spiro atoms. The minimum Gasteiger partial charge on any atom is -0.508 e. The summed E-state index contributed by atoms with van der Waals surface area (Å²) in [5.41, 5.74) is 6.07. The van der Waals surface area contributed by atoms with E-state index < -0.39 is 5.82 Å². The molecule has 1 aromatic rings. The van der Waals surface area contributed by atoms with E-state index in [1.165, 1.54) is 12.1 Å². The second-order valence-electron chi connectivity index (χ2n) is 3.31. The van der Waals surface area contributed by atoms with Crippen LogP contribution < -0.4 is 5.73 Å². The van der Waals surface area contributed by atoms with E-state index in [4.69, 9.17) is 15.6 Å². The lowest BCUT2D eigenvalue weighted by Gasteiger charge is -2.07. The summed E-state index contributed by atoms with van der Waals surface area (Å²) in [5, 5.41) is 9.08. The molecule has 0 unspecified atom stereocenters. The van der Waals surface area contributed by atoms with Crippen molar-refractivity contribution in [3.63, 3.8) is 0 Å². The number of phenols is 1. The lowest BCUT2D eigenvalue weighted by molar-refractivity contribution is 0.111. The molecule has 0 amide bonds. The van der Waals surface area contributed by atoms with Crippen LogP contribution in [-0.2, 0) is 11.3 Å². The van der Waals surface area contributed by atoms with Crippen molar-refractivity contribution in [3.8, 4) is 5.75 Å². The fourth-order valence-electron chi connectivity index (χ4n) is 1.08. The first-order chi connectivity index (χ1) is 6.58. The summed E-state index contributed by atoms with van der Waals surface area (Å²) >= 11 is 0. The molecule has 0 aliphatic rings. The predicted molar refractivity (Wildman–Crippen MR) is 51.4 cm³/mol. The third kappa shape index (κ3) is 3.72. The Morgan fingerprint density at radius 3 is 2.79 bits per heavy atom. The van der Waals surface area contributed by atoms with Crippen LogP contribution in [0.2, 0.25) is 0 Å². The fraction of sp³-hybridized carbons (Fsp3) is 0.400. The number of benzene rings is 1. The molecule has 3 N–H and O–H groups in total. The second-order valence-corrected chi connectivity index (χ2v) is 3.31. The maximum Gasteiger partial charge on any atom is 0.127 e. The van der Waals surface area contributed by atoms with Crippen LogP contribution in [0.1, 0.15) is 12.5 Å². The maximum atomic E-state index is 12.8. The minimum absolute atomic E-state index is 0.0443. The van der Waals surface area contributed by atoms with Gasteiger partial charge in [-0.2, -0.15) is 0 Å². The molecule has 0 fully saturated rings. The summed E-state index contributed by atoms with van der Waals surface area (Å²) in [6.45, 7) is 2.49. The highest BCUT2D eigenvalue weighted by molar-refractivity contribution is 5.27. The highest BCUT2D eigenvalue weighted by Crippen LogP contribution is 2.15. The summed E-state index contributed by atoms with van der Waals surface area (Å²) in [5.74, 6) is -0.561. The predicted octanol–water partition coefficient (Wildman–Crippen LogP) is 1.40. The van der Waals surface area contributed by atoms with Gasteiger partial charge in [-0.05, 0) is 24.6 Å². The standard InChI is InChI=1S/C10H14FNO2/c1-7(12)5-14-6-8-2-9(11)4-10(13)3-8/h2-4,7,13H,5-6,12H2,1H3/t7-/m1/s1. The van der Waals surface area contributed by atoms with Crippen LogP contribution in [0.25, 0.3) is 0 Å². The van der Waals surface area contributed by atoms with Crippen LogP contribution in [0.5, 0.6) is 5.75 Å². The summed E-state index contributed by atoms with van der Waals surface area (Å²) in [4.78, 5) is 0. The molecule has 0 heterocycles. The summed E-state index contributed by atoms with van der Waals surface area (Å²) in [6, 6.07) is 3.79. The van der Waals surface area contributed by atoms with Gasteiger partial charge in [0.2, 0.25) is 0 Å². The van der Waals surface area contributed by atoms with E-state index >= 15 is 0 Å². The van der Waals surface area contributed by atoms with Crippen LogP contribution in [0.3, 0.4) is 0 Å². The quantitative estimate of drug-likeness (QED) is 0.770. The molecule has 78 valence electrons. The molecule has 14 heavy (non-hydrogen) atoms. The molecule has 1 atom stereocenters. The van der Waals surface area contributed by atoms with Gasteiger partial charge in [0.1, 0.15) is 11.6 Å². The first-order valence-electron chi connectivity index (χ1n) is 4.39. The van der Waals surface area contributed by atoms with Gasteiger partial charge in [0, 0.05) is 12.1 Å². The summed E-state index contributed by atoms with van der Waals surface area (Å²) < 4.78 is 18.0. The van der Waals surface area contributed by atoms with Crippen molar-refractivity contribution in [1.82, 2.24) is 0 Å². The van der Waals surface area contributed by atoms with Gasteiger partial charge in [-0.25, -0.2) is 4.39 Å². The van der Waals surface area contributed by atoms with E-state index in [1.807, 2.05) is 6.92 Å². The molecular weight excluding hydrogens is 185 g/mol. The largest absolute Gasteiger partial charge is 0.508 e. The number of ether oxygens (including phenoxy) is 1. The highest BCUT2D eigenvalue weighted by atomic mass is 19.1. The van der Waals surface area contributed by atoms with E-state index in [9.17, 15) is 4.39 Å². The van der Waals surface area contributed by atoms with Gasteiger partial charge in [-0.3, -0.25) is 0 Å². The molecule has 3 nitrogen and oxygen atoms in total. The zero-order valence-electron chi connectivity index (χ0n) is 8.03. The Balaban J connectivity index is 2.50. The Morgan fingerprint density at radius 2 is 2.21 bits per heavy atom. The molecule has 1 aromatic carbocycles. The third-order valence-electron chi connectivity index (χ3n) is 1.59. The Hall–Kier alpha value is -1.13. The molecule has 0 radical (unpaired) electrons. The summed E-state index contributed by atoms with van der Waals surface area (Å²) in [6.07, 6.45) is 0. The van der Waals surface area contributed by atoms with Crippen LogP contribution >= 0.6 is 0 Å². The van der Waals surface area contributed by atoms with E-state index in [0.29, 0.717) is 12.2 Å². The van der Waals surface area contributed by atoms with Gasteiger partial charge >= 0.3 is 0 Å². The van der Waals surface area contributed by atoms with Gasteiger partial charge in [0.25, 0.3) is 0 Å². The number of aromatic hydroxyl groups is 1. The monoisotopic (exact) mass is 199 g/mol. The molecule has 0 aliphatic heterocycles. The van der Waals surface area contributed by atoms with Crippen molar-refractivity contribution in [1.29, 1.82) is 0 Å². The van der Waals surface area contributed by atoms with E-state index in [0.717, 1.165) is 6.07 Å². The maximum absolute atomic E-state index is 12.8. The Labute approximate surface area is 82.3 Å². The Kier molecular flexibility index (Phi) is 3.85. The number of rotatable bonds is 4. The van der Waals surface area contributed by atoms with Crippen LogP contribution in [0.4, 0.5) is 4.39 Å². The van der Waals surface area contributed by atoms with Crippen molar-refractivity contribution in [2.75, 3.05) is 6.61 Å². The van der Waals surface area contributed by atoms with Crippen molar-refractivity contribution >= 4 is 0 Å². The average Bonchev–Trinajstić information content (AvgIpc) is 2.01. The smallest absolute Gasteiger partial charge is 0.127 e. The van der Waals surface area contributed by atoms with Crippen molar-refractivity contribution in [3.05, 3.63) is 29.6 Å². The molecule has 0 aromatic heterocycles. The molecular formula is C10H14FNO2. The normalized spacial score (nSPS) is 12.8. The van der Waals surface area contributed by atoms with E-state index in [-0.39, 0.29) is 18.4 Å². The van der Waals surface area contributed by atoms with Crippen molar-refractivity contribution in [2.24, 2.45) is 5.73 Å². The van der Waals surface area contributed by atoms with E-state index in [1.54, 1.807) is 0 Å². The van der Waals surface area contributed by atoms with Crippen LogP contribution in [0, 0.1) is 5.82 Å². The molecule has 0 saturated carbocycles. The number of hydrogen-bond donors (Lipinski definition) is 2. The van der Waals surface area contributed by atoms with Gasteiger partial charge in [0.05, 0.1) is 13.2 Å². The van der Waals surface area contributed by atoms with Gasteiger partial charge in [-0.15, -0.1) is 0 Å². The van der Waals surface area contributed by atoms with Gasteiger partial charge in [0.15, 0.2) is 0 Å². The molecule has 0 bridgehead atoms. The highest BCUT2D eigenvalue weighted by Gasteiger charge is 2.00. The average molecular weight is 199 g/mol. The Morgan fingerprint density at radius 1 is 1.50 bits per heavy atom. The second kappa shape index (κ2) is 4.93. The van der Waals surface area contributed by atoms with Crippen LogP contribution in [0.15, 0.2) is 18.2 Å². The first-order valence-corrected chi connectivity index (χ1v) is 4.39. The number of halogens is 1. The van der Waals surface area contributed by atoms with Crippen molar-refractivity contribution in [2.45, 2.75) is 19.6 Å².